The number of para-hydroxylation sites is 1. The number of ether oxygens (including phenoxy) is 1. The minimum absolute atomic E-state index is 0.311. The van der Waals surface area contributed by atoms with Crippen molar-refractivity contribution in [2.24, 2.45) is 11.0 Å². The van der Waals surface area contributed by atoms with Gasteiger partial charge in [-0.2, -0.15) is 5.10 Å². The number of nitrogens with one attached hydrogen (secondary N) is 1. The highest BCUT2D eigenvalue weighted by Gasteiger charge is 2.05. The van der Waals surface area contributed by atoms with E-state index in [-0.39, 0.29) is 5.91 Å². The fourth-order valence-corrected chi connectivity index (χ4v) is 1.88. The second-order valence-corrected chi connectivity index (χ2v) is 5.57. The fraction of sp³-hybridized carbons (Fsp3) is 0.222. The molecule has 0 saturated carbocycles. The molecule has 5 heteroatoms. The van der Waals surface area contributed by atoms with Crippen molar-refractivity contribution in [1.82, 2.24) is 5.43 Å². The molecule has 2 rings (SSSR count). The SMILES string of the molecule is CC(C)COc1ccccc1/C=N\NC(=O)c1cccc(N)c1. The Labute approximate surface area is 136 Å². The van der Waals surface area contributed by atoms with Gasteiger partial charge in [-0.3, -0.25) is 4.79 Å². The van der Waals surface area contributed by atoms with Crippen molar-refractivity contribution >= 4 is 17.8 Å². The zero-order valence-corrected chi connectivity index (χ0v) is 13.3. The third-order valence-corrected chi connectivity index (χ3v) is 3.01. The van der Waals surface area contributed by atoms with Crippen LogP contribution in [0.25, 0.3) is 0 Å². The van der Waals surface area contributed by atoms with Crippen LogP contribution < -0.4 is 15.9 Å². The predicted octanol–water partition coefficient (Wildman–Crippen LogP) is 3.07. The molecule has 0 heterocycles. The Morgan fingerprint density at radius 3 is 2.78 bits per heavy atom. The average Bonchev–Trinajstić information content (AvgIpc) is 2.53. The van der Waals surface area contributed by atoms with Gasteiger partial charge in [0.15, 0.2) is 0 Å². The minimum atomic E-state index is -0.311. The van der Waals surface area contributed by atoms with Gasteiger partial charge in [0, 0.05) is 16.8 Å². The maximum absolute atomic E-state index is 12.0. The average molecular weight is 311 g/mol. The van der Waals surface area contributed by atoms with E-state index in [1.807, 2.05) is 24.3 Å². The third-order valence-electron chi connectivity index (χ3n) is 3.01. The minimum Gasteiger partial charge on any atom is -0.493 e. The number of hydrogen-bond donors (Lipinski definition) is 2. The summed E-state index contributed by atoms with van der Waals surface area (Å²) in [6.45, 7) is 4.80. The number of benzene rings is 2. The van der Waals surface area contributed by atoms with Crippen LogP contribution in [-0.4, -0.2) is 18.7 Å². The van der Waals surface area contributed by atoms with Crippen molar-refractivity contribution in [2.45, 2.75) is 13.8 Å². The number of anilines is 1. The molecule has 0 aliphatic heterocycles. The summed E-state index contributed by atoms with van der Waals surface area (Å²) in [5.74, 6) is 0.862. The van der Waals surface area contributed by atoms with Gasteiger partial charge in [-0.25, -0.2) is 5.43 Å². The van der Waals surface area contributed by atoms with Crippen LogP contribution in [0.4, 0.5) is 5.69 Å². The highest BCUT2D eigenvalue weighted by molar-refractivity contribution is 5.95. The van der Waals surface area contributed by atoms with E-state index in [2.05, 4.69) is 24.4 Å². The van der Waals surface area contributed by atoms with E-state index in [4.69, 9.17) is 10.5 Å². The molecule has 0 unspecified atom stereocenters. The number of carbonyl (C=O) groups excluding carboxylic acids is 1. The molecule has 120 valence electrons. The van der Waals surface area contributed by atoms with Crippen LogP contribution in [0.3, 0.4) is 0 Å². The lowest BCUT2D eigenvalue weighted by Gasteiger charge is -2.10. The molecule has 5 nitrogen and oxygen atoms in total. The van der Waals surface area contributed by atoms with E-state index >= 15 is 0 Å². The van der Waals surface area contributed by atoms with Crippen LogP contribution >= 0.6 is 0 Å². The lowest BCUT2D eigenvalue weighted by Crippen LogP contribution is -2.17. The summed E-state index contributed by atoms with van der Waals surface area (Å²) in [4.78, 5) is 12.0. The Balaban J connectivity index is 2.01. The number of hydrogen-bond acceptors (Lipinski definition) is 4. The number of nitrogen functional groups attached to an aromatic ring is 1. The molecule has 2 aromatic rings. The maximum atomic E-state index is 12.0. The summed E-state index contributed by atoms with van der Waals surface area (Å²) in [6.07, 6.45) is 1.57. The van der Waals surface area contributed by atoms with Crippen LogP contribution in [0.2, 0.25) is 0 Å². The number of nitrogens with zero attached hydrogens (tertiary/aromatic N) is 1. The fourth-order valence-electron chi connectivity index (χ4n) is 1.88. The zero-order valence-electron chi connectivity index (χ0n) is 13.3. The van der Waals surface area contributed by atoms with Crippen LogP contribution in [0.15, 0.2) is 53.6 Å². The number of rotatable bonds is 6. The van der Waals surface area contributed by atoms with E-state index in [0.29, 0.717) is 23.8 Å². The molecule has 3 N–H and O–H groups in total. The van der Waals surface area contributed by atoms with Crippen molar-refractivity contribution in [3.8, 4) is 5.75 Å². The number of amides is 1. The first-order valence-electron chi connectivity index (χ1n) is 7.47. The summed E-state index contributed by atoms with van der Waals surface area (Å²) >= 11 is 0. The first-order valence-corrected chi connectivity index (χ1v) is 7.47. The maximum Gasteiger partial charge on any atom is 0.271 e. The summed E-state index contributed by atoms with van der Waals surface area (Å²) in [5.41, 5.74) is 9.95. The molecule has 0 bridgehead atoms. The van der Waals surface area contributed by atoms with Crippen LogP contribution in [0.5, 0.6) is 5.75 Å². The molecule has 0 saturated heterocycles. The molecule has 23 heavy (non-hydrogen) atoms. The van der Waals surface area contributed by atoms with Gasteiger partial charge in [-0.1, -0.05) is 32.0 Å². The summed E-state index contributed by atoms with van der Waals surface area (Å²) < 4.78 is 5.74. The van der Waals surface area contributed by atoms with Gasteiger partial charge in [0.05, 0.1) is 12.8 Å². The van der Waals surface area contributed by atoms with E-state index < -0.39 is 0 Å². The van der Waals surface area contributed by atoms with Crippen molar-refractivity contribution in [3.63, 3.8) is 0 Å². The quantitative estimate of drug-likeness (QED) is 0.489. The molecule has 2 aromatic carbocycles. The second-order valence-electron chi connectivity index (χ2n) is 5.57. The van der Waals surface area contributed by atoms with Gasteiger partial charge in [0.25, 0.3) is 5.91 Å². The molecule has 0 aliphatic carbocycles. The molecule has 0 radical (unpaired) electrons. The van der Waals surface area contributed by atoms with Gasteiger partial charge >= 0.3 is 0 Å². The van der Waals surface area contributed by atoms with Gasteiger partial charge in [0.1, 0.15) is 5.75 Å². The van der Waals surface area contributed by atoms with Gasteiger partial charge in [0.2, 0.25) is 0 Å². The molecule has 0 atom stereocenters. The molecule has 0 spiro atoms. The lowest BCUT2D eigenvalue weighted by molar-refractivity contribution is 0.0955. The van der Waals surface area contributed by atoms with Gasteiger partial charge in [-0.15, -0.1) is 0 Å². The largest absolute Gasteiger partial charge is 0.493 e. The van der Waals surface area contributed by atoms with Crippen molar-refractivity contribution in [1.29, 1.82) is 0 Å². The molecule has 0 aromatic heterocycles. The second kappa shape index (κ2) is 7.98. The normalized spacial score (nSPS) is 10.9. The Bertz CT molecular complexity index is 696. The monoisotopic (exact) mass is 311 g/mol. The van der Waals surface area contributed by atoms with Crippen molar-refractivity contribution in [3.05, 3.63) is 59.7 Å². The van der Waals surface area contributed by atoms with Crippen LogP contribution in [0, 0.1) is 5.92 Å². The smallest absolute Gasteiger partial charge is 0.271 e. The van der Waals surface area contributed by atoms with E-state index in [0.717, 1.165) is 11.3 Å². The Morgan fingerprint density at radius 2 is 2.04 bits per heavy atom. The zero-order chi connectivity index (χ0) is 16.7. The Kier molecular flexibility index (Phi) is 5.74. The highest BCUT2D eigenvalue weighted by Crippen LogP contribution is 2.16. The first kappa shape index (κ1) is 16.5. The standard InChI is InChI=1S/C18H21N3O2/c1-13(2)12-23-17-9-4-3-6-15(17)11-20-21-18(22)14-7-5-8-16(19)10-14/h3-11,13H,12,19H2,1-2H3,(H,21,22)/b20-11-. The van der Waals surface area contributed by atoms with Crippen molar-refractivity contribution < 1.29 is 9.53 Å². The van der Waals surface area contributed by atoms with E-state index in [1.54, 1.807) is 30.5 Å². The van der Waals surface area contributed by atoms with Crippen LogP contribution in [0.1, 0.15) is 29.8 Å². The summed E-state index contributed by atoms with van der Waals surface area (Å²) in [6, 6.07) is 14.3. The molecule has 1 amide bonds. The van der Waals surface area contributed by atoms with Gasteiger partial charge in [-0.05, 0) is 36.2 Å². The van der Waals surface area contributed by atoms with Crippen LogP contribution in [-0.2, 0) is 0 Å². The predicted molar refractivity (Wildman–Crippen MR) is 92.7 cm³/mol. The highest BCUT2D eigenvalue weighted by atomic mass is 16.5. The molecule has 0 fully saturated rings. The number of carbonyl (C=O) groups is 1. The Morgan fingerprint density at radius 1 is 1.26 bits per heavy atom. The number of hydrazone groups is 1. The summed E-state index contributed by atoms with van der Waals surface area (Å²) in [7, 11) is 0. The number of nitrogens with two attached hydrogens (primary N) is 1. The van der Waals surface area contributed by atoms with E-state index in [1.165, 1.54) is 0 Å². The Hall–Kier alpha value is -2.82. The third kappa shape index (κ3) is 5.14. The van der Waals surface area contributed by atoms with Gasteiger partial charge < -0.3 is 10.5 Å². The lowest BCUT2D eigenvalue weighted by atomic mass is 10.2. The molecular weight excluding hydrogens is 290 g/mol. The molecular formula is C18H21N3O2. The topological polar surface area (TPSA) is 76.7 Å². The summed E-state index contributed by atoms with van der Waals surface area (Å²) in [5, 5.41) is 3.99. The van der Waals surface area contributed by atoms with Crippen molar-refractivity contribution in [2.75, 3.05) is 12.3 Å². The molecule has 0 aliphatic rings. The van der Waals surface area contributed by atoms with E-state index in [9.17, 15) is 4.79 Å². The first-order chi connectivity index (χ1) is 11.1.